The maximum absolute atomic E-state index is 12.6. The number of rotatable bonds is 6. The van der Waals surface area contributed by atoms with Gasteiger partial charge in [-0.15, -0.1) is 11.3 Å². The van der Waals surface area contributed by atoms with Crippen molar-refractivity contribution in [1.82, 2.24) is 19.7 Å². The number of ether oxygens (including phenoxy) is 1. The standard InChI is InChI=1S/C24H22ClN5O3S/c1-14-10-21(28-29(14)2)27-22(31)11-15-4-5-16(12-17(15)25)33-19-6-7-26-18-13-20(34-23(18)19)24(32)30-8-3-9-30/h4-7,10,12-13H,3,8-9,11H2,1-2H3,(H,27,28,31). The molecule has 4 heterocycles. The summed E-state index contributed by atoms with van der Waals surface area (Å²) in [6.45, 7) is 3.51. The number of thiophene rings is 1. The van der Waals surface area contributed by atoms with Crippen LogP contribution in [0.2, 0.25) is 5.02 Å². The fourth-order valence-electron chi connectivity index (χ4n) is 3.62. The third-order valence-corrected chi connectivity index (χ3v) is 7.19. The van der Waals surface area contributed by atoms with Crippen LogP contribution in [-0.4, -0.2) is 44.6 Å². The molecule has 0 aliphatic carbocycles. The molecule has 34 heavy (non-hydrogen) atoms. The van der Waals surface area contributed by atoms with E-state index in [0.29, 0.717) is 32.8 Å². The van der Waals surface area contributed by atoms with Crippen molar-refractivity contribution in [3.63, 3.8) is 0 Å². The van der Waals surface area contributed by atoms with Crippen LogP contribution in [0.1, 0.15) is 27.3 Å². The van der Waals surface area contributed by atoms with Crippen LogP contribution < -0.4 is 10.1 Å². The van der Waals surface area contributed by atoms with Crippen LogP contribution >= 0.6 is 22.9 Å². The summed E-state index contributed by atoms with van der Waals surface area (Å²) in [5, 5.41) is 7.44. The summed E-state index contributed by atoms with van der Waals surface area (Å²) in [7, 11) is 1.82. The van der Waals surface area contributed by atoms with Crippen LogP contribution in [0.4, 0.5) is 5.82 Å². The van der Waals surface area contributed by atoms with E-state index in [-0.39, 0.29) is 18.2 Å². The highest BCUT2D eigenvalue weighted by Crippen LogP contribution is 2.36. The summed E-state index contributed by atoms with van der Waals surface area (Å²) in [5.74, 6) is 1.47. The SMILES string of the molecule is Cc1cc(NC(=O)Cc2ccc(Oc3ccnc4cc(C(=O)N5CCC5)sc34)cc2Cl)nn1C. The molecule has 0 bridgehead atoms. The van der Waals surface area contributed by atoms with Gasteiger partial charge in [0.1, 0.15) is 11.5 Å². The van der Waals surface area contributed by atoms with Crippen LogP contribution in [-0.2, 0) is 18.3 Å². The topological polar surface area (TPSA) is 89.3 Å². The van der Waals surface area contributed by atoms with Crippen LogP contribution in [0.5, 0.6) is 11.5 Å². The lowest BCUT2D eigenvalue weighted by atomic mass is 10.1. The van der Waals surface area contributed by atoms with E-state index in [2.05, 4.69) is 15.4 Å². The number of anilines is 1. The summed E-state index contributed by atoms with van der Waals surface area (Å²) in [5.41, 5.74) is 2.34. The van der Waals surface area contributed by atoms with E-state index in [0.717, 1.165) is 35.4 Å². The summed E-state index contributed by atoms with van der Waals surface area (Å²) in [6, 6.07) is 10.6. The molecule has 8 nitrogen and oxygen atoms in total. The number of pyridine rings is 1. The lowest BCUT2D eigenvalue weighted by Crippen LogP contribution is -2.41. The van der Waals surface area contributed by atoms with E-state index in [1.54, 1.807) is 41.2 Å². The number of hydrogen-bond acceptors (Lipinski definition) is 6. The Morgan fingerprint density at radius 2 is 2.03 bits per heavy atom. The van der Waals surface area contributed by atoms with E-state index < -0.39 is 0 Å². The predicted octanol–water partition coefficient (Wildman–Crippen LogP) is 4.81. The Balaban J connectivity index is 1.30. The van der Waals surface area contributed by atoms with Crippen molar-refractivity contribution in [3.05, 3.63) is 63.8 Å². The minimum Gasteiger partial charge on any atom is -0.456 e. The fraction of sp³-hybridized carbons (Fsp3) is 0.250. The second-order valence-corrected chi connectivity index (χ2v) is 9.61. The number of amides is 2. The molecule has 1 fully saturated rings. The van der Waals surface area contributed by atoms with Gasteiger partial charge in [0, 0.05) is 49.2 Å². The lowest BCUT2D eigenvalue weighted by Gasteiger charge is -2.30. The first-order chi connectivity index (χ1) is 16.4. The zero-order chi connectivity index (χ0) is 23.8. The molecular weight excluding hydrogens is 474 g/mol. The Hall–Kier alpha value is -3.43. The Bertz CT molecular complexity index is 1390. The first-order valence-corrected chi connectivity index (χ1v) is 12.0. The van der Waals surface area contributed by atoms with Gasteiger partial charge in [-0.25, -0.2) is 0 Å². The third kappa shape index (κ3) is 4.49. The average molecular weight is 496 g/mol. The average Bonchev–Trinajstić information content (AvgIpc) is 3.32. The largest absolute Gasteiger partial charge is 0.456 e. The highest BCUT2D eigenvalue weighted by molar-refractivity contribution is 7.21. The quantitative estimate of drug-likeness (QED) is 0.414. The van der Waals surface area contributed by atoms with Crippen LogP contribution in [0, 0.1) is 6.92 Å². The number of benzene rings is 1. The van der Waals surface area contributed by atoms with Crippen LogP contribution in [0.3, 0.4) is 0 Å². The summed E-state index contributed by atoms with van der Waals surface area (Å²) in [6.07, 6.45) is 2.81. The molecule has 0 unspecified atom stereocenters. The monoisotopic (exact) mass is 495 g/mol. The second kappa shape index (κ2) is 9.08. The molecule has 0 spiro atoms. The van der Waals surface area contributed by atoms with Gasteiger partial charge in [0.2, 0.25) is 5.91 Å². The molecule has 174 valence electrons. The van der Waals surface area contributed by atoms with Gasteiger partial charge in [0.25, 0.3) is 5.91 Å². The summed E-state index contributed by atoms with van der Waals surface area (Å²) < 4.78 is 8.58. The Morgan fingerprint density at radius 3 is 2.71 bits per heavy atom. The number of fused-ring (bicyclic) bond motifs is 1. The number of likely N-dealkylation sites (tertiary alicyclic amines) is 1. The van der Waals surface area contributed by atoms with Crippen LogP contribution in [0.15, 0.2) is 42.6 Å². The number of nitrogens with one attached hydrogen (secondary N) is 1. The number of aromatic nitrogens is 3. The van der Waals surface area contributed by atoms with Gasteiger partial charge in [-0.05, 0) is 37.1 Å². The van der Waals surface area contributed by atoms with Crippen molar-refractivity contribution in [3.8, 4) is 11.5 Å². The molecule has 2 amide bonds. The number of halogens is 1. The van der Waals surface area contributed by atoms with E-state index in [9.17, 15) is 9.59 Å². The molecule has 4 aromatic rings. The molecular formula is C24H22ClN5O3S. The molecule has 0 atom stereocenters. The smallest absolute Gasteiger partial charge is 0.264 e. The number of hydrogen-bond donors (Lipinski definition) is 1. The van der Waals surface area contributed by atoms with Crippen molar-refractivity contribution in [2.45, 2.75) is 19.8 Å². The van der Waals surface area contributed by atoms with Gasteiger partial charge in [0.15, 0.2) is 5.82 Å². The minimum absolute atomic E-state index is 0.0340. The summed E-state index contributed by atoms with van der Waals surface area (Å²) in [4.78, 5) is 31.9. The first kappa shape index (κ1) is 22.4. The minimum atomic E-state index is -0.206. The van der Waals surface area contributed by atoms with E-state index >= 15 is 0 Å². The molecule has 1 saturated heterocycles. The molecule has 0 saturated carbocycles. The summed E-state index contributed by atoms with van der Waals surface area (Å²) >= 11 is 7.83. The molecule has 1 aliphatic rings. The maximum Gasteiger partial charge on any atom is 0.264 e. The van der Waals surface area contributed by atoms with Crippen molar-refractivity contribution in [1.29, 1.82) is 0 Å². The van der Waals surface area contributed by atoms with Gasteiger partial charge in [-0.2, -0.15) is 5.10 Å². The maximum atomic E-state index is 12.6. The van der Waals surface area contributed by atoms with Gasteiger partial charge < -0.3 is 15.0 Å². The molecule has 1 aliphatic heterocycles. The van der Waals surface area contributed by atoms with Crippen LogP contribution in [0.25, 0.3) is 10.2 Å². The zero-order valence-corrected chi connectivity index (χ0v) is 20.2. The molecule has 1 aromatic carbocycles. The van der Waals surface area contributed by atoms with Crippen molar-refractivity contribution in [2.75, 3.05) is 18.4 Å². The number of aryl methyl sites for hydroxylation is 2. The number of carbonyl (C=O) groups is 2. The van der Waals surface area contributed by atoms with E-state index in [4.69, 9.17) is 16.3 Å². The van der Waals surface area contributed by atoms with Crippen molar-refractivity contribution >= 4 is 50.8 Å². The molecule has 10 heteroatoms. The zero-order valence-electron chi connectivity index (χ0n) is 18.7. The van der Waals surface area contributed by atoms with E-state index in [1.165, 1.54) is 11.3 Å². The first-order valence-electron chi connectivity index (χ1n) is 10.8. The highest BCUT2D eigenvalue weighted by atomic mass is 35.5. The third-order valence-electron chi connectivity index (χ3n) is 5.71. The molecule has 1 N–H and O–H groups in total. The van der Waals surface area contributed by atoms with Crippen molar-refractivity contribution in [2.24, 2.45) is 7.05 Å². The van der Waals surface area contributed by atoms with E-state index in [1.807, 2.05) is 24.9 Å². The number of carbonyl (C=O) groups excluding carboxylic acids is 2. The van der Waals surface area contributed by atoms with Gasteiger partial charge in [0.05, 0.1) is 21.5 Å². The predicted molar refractivity (Wildman–Crippen MR) is 132 cm³/mol. The molecule has 3 aromatic heterocycles. The molecule has 5 rings (SSSR count). The fourth-order valence-corrected chi connectivity index (χ4v) is 4.89. The Morgan fingerprint density at radius 1 is 1.21 bits per heavy atom. The van der Waals surface area contributed by atoms with Gasteiger partial charge >= 0.3 is 0 Å². The van der Waals surface area contributed by atoms with Crippen molar-refractivity contribution < 1.29 is 14.3 Å². The number of nitrogens with zero attached hydrogens (tertiary/aromatic N) is 4. The van der Waals surface area contributed by atoms with Gasteiger partial charge in [-0.3, -0.25) is 19.3 Å². The second-order valence-electron chi connectivity index (χ2n) is 8.15. The molecule has 0 radical (unpaired) electrons. The van der Waals surface area contributed by atoms with Gasteiger partial charge in [-0.1, -0.05) is 17.7 Å². The normalized spacial score (nSPS) is 13.1. The Kier molecular flexibility index (Phi) is 5.97. The highest BCUT2D eigenvalue weighted by Gasteiger charge is 2.24. The lowest BCUT2D eigenvalue weighted by molar-refractivity contribution is -0.115. The Labute approximate surface area is 205 Å².